The molecule has 1 N–H and O–H groups in total. The molecule has 1 fully saturated rings. The molecule has 0 aromatic heterocycles. The fraction of sp³-hybridized carbons (Fsp3) is 0.385. The zero-order valence-electron chi connectivity index (χ0n) is 10.1. The molecule has 0 bridgehead atoms. The summed E-state index contributed by atoms with van der Waals surface area (Å²) >= 11 is 6.71. The fourth-order valence-electron chi connectivity index (χ4n) is 2.19. The van der Waals surface area contributed by atoms with Crippen LogP contribution < -0.4 is 0 Å². The summed E-state index contributed by atoms with van der Waals surface area (Å²) in [4.78, 5) is 24.9. The predicted octanol–water partition coefficient (Wildman–Crippen LogP) is 3.15. The summed E-state index contributed by atoms with van der Waals surface area (Å²) in [5.41, 5.74) is 0.607. The van der Waals surface area contributed by atoms with Gasteiger partial charge in [0.15, 0.2) is 0 Å². The van der Waals surface area contributed by atoms with Gasteiger partial charge in [0.2, 0.25) is 0 Å². The number of piperidine rings is 1. The van der Waals surface area contributed by atoms with Gasteiger partial charge in [-0.2, -0.15) is 0 Å². The van der Waals surface area contributed by atoms with Crippen LogP contribution in [0.2, 0.25) is 0 Å². The highest BCUT2D eigenvalue weighted by Crippen LogP contribution is 2.23. The van der Waals surface area contributed by atoms with Crippen LogP contribution in [-0.4, -0.2) is 35.0 Å². The van der Waals surface area contributed by atoms with Gasteiger partial charge in [-0.3, -0.25) is 9.59 Å². The molecule has 6 heteroatoms. The first-order valence-electron chi connectivity index (χ1n) is 5.95. The summed E-state index contributed by atoms with van der Waals surface area (Å²) < 4.78 is 1.68. The van der Waals surface area contributed by atoms with Crippen LogP contribution in [0, 0.1) is 5.92 Å². The SMILES string of the molecule is O=C(O)C1CCN(C(=O)c2cc(Br)cc(Br)c2)CC1. The Balaban J connectivity index is 2.07. The summed E-state index contributed by atoms with van der Waals surface area (Å²) in [5, 5.41) is 8.94. The second-order valence-corrected chi connectivity index (χ2v) is 6.39. The van der Waals surface area contributed by atoms with Crippen LogP contribution in [0.4, 0.5) is 0 Å². The number of carbonyl (C=O) groups excluding carboxylic acids is 1. The molecule has 0 saturated carbocycles. The molecule has 0 spiro atoms. The van der Waals surface area contributed by atoms with Crippen molar-refractivity contribution >= 4 is 43.7 Å². The number of nitrogens with zero attached hydrogens (tertiary/aromatic N) is 1. The van der Waals surface area contributed by atoms with E-state index in [4.69, 9.17) is 5.11 Å². The third-order valence-corrected chi connectivity index (χ3v) is 4.16. The van der Waals surface area contributed by atoms with Crippen LogP contribution in [0.15, 0.2) is 27.1 Å². The summed E-state index contributed by atoms with van der Waals surface area (Å²) in [6.45, 7) is 1.000. The van der Waals surface area contributed by atoms with Gasteiger partial charge in [-0.15, -0.1) is 0 Å². The molecule has 1 aliphatic heterocycles. The van der Waals surface area contributed by atoms with Crippen molar-refractivity contribution in [3.63, 3.8) is 0 Å². The van der Waals surface area contributed by atoms with Gasteiger partial charge < -0.3 is 10.0 Å². The van der Waals surface area contributed by atoms with Gasteiger partial charge in [0.05, 0.1) is 5.92 Å². The Morgan fingerprint density at radius 1 is 1.11 bits per heavy atom. The van der Waals surface area contributed by atoms with Crippen molar-refractivity contribution in [3.05, 3.63) is 32.7 Å². The van der Waals surface area contributed by atoms with E-state index in [-0.39, 0.29) is 11.8 Å². The summed E-state index contributed by atoms with van der Waals surface area (Å²) in [5.74, 6) is -1.14. The average molecular weight is 391 g/mol. The smallest absolute Gasteiger partial charge is 0.306 e. The number of hydrogen-bond acceptors (Lipinski definition) is 2. The van der Waals surface area contributed by atoms with E-state index in [0.29, 0.717) is 31.5 Å². The largest absolute Gasteiger partial charge is 0.481 e. The molecule has 1 heterocycles. The minimum atomic E-state index is -0.766. The van der Waals surface area contributed by atoms with Gasteiger partial charge >= 0.3 is 5.97 Å². The molecule has 1 saturated heterocycles. The van der Waals surface area contributed by atoms with Gasteiger partial charge in [-0.05, 0) is 31.0 Å². The topological polar surface area (TPSA) is 57.6 Å². The van der Waals surface area contributed by atoms with Crippen molar-refractivity contribution in [2.75, 3.05) is 13.1 Å². The molecule has 1 aliphatic rings. The van der Waals surface area contributed by atoms with Crippen LogP contribution in [0.5, 0.6) is 0 Å². The van der Waals surface area contributed by atoms with Crippen LogP contribution in [0.3, 0.4) is 0 Å². The lowest BCUT2D eigenvalue weighted by Crippen LogP contribution is -2.40. The molecule has 2 rings (SSSR count). The lowest BCUT2D eigenvalue weighted by Gasteiger charge is -2.30. The first kappa shape index (κ1) is 14.5. The van der Waals surface area contributed by atoms with Crippen molar-refractivity contribution < 1.29 is 14.7 Å². The van der Waals surface area contributed by atoms with Gasteiger partial charge in [0.25, 0.3) is 5.91 Å². The Morgan fingerprint density at radius 3 is 2.11 bits per heavy atom. The summed E-state index contributed by atoms with van der Waals surface area (Å²) in [6.07, 6.45) is 1.05. The highest BCUT2D eigenvalue weighted by atomic mass is 79.9. The molecule has 0 radical (unpaired) electrons. The normalized spacial score (nSPS) is 16.4. The first-order valence-corrected chi connectivity index (χ1v) is 7.54. The number of halogens is 2. The van der Waals surface area contributed by atoms with E-state index in [1.807, 2.05) is 6.07 Å². The Kier molecular flexibility index (Phi) is 4.62. The molecule has 1 aromatic rings. The zero-order chi connectivity index (χ0) is 14.0. The van der Waals surface area contributed by atoms with Crippen LogP contribution in [-0.2, 0) is 4.79 Å². The number of carboxylic acid groups (broad SMARTS) is 1. The number of amides is 1. The molecular formula is C13H13Br2NO3. The Bertz CT molecular complexity index is 490. The number of hydrogen-bond donors (Lipinski definition) is 1. The third kappa shape index (κ3) is 3.57. The van der Waals surface area contributed by atoms with E-state index in [1.54, 1.807) is 17.0 Å². The van der Waals surface area contributed by atoms with E-state index in [2.05, 4.69) is 31.9 Å². The number of rotatable bonds is 2. The van der Waals surface area contributed by atoms with Gasteiger partial charge in [0, 0.05) is 27.6 Å². The van der Waals surface area contributed by atoms with E-state index in [0.717, 1.165) is 8.95 Å². The first-order chi connectivity index (χ1) is 8.97. The standard InChI is InChI=1S/C13H13Br2NO3/c14-10-5-9(6-11(15)7-10)12(17)16-3-1-8(2-4-16)13(18)19/h5-8H,1-4H2,(H,18,19). The lowest BCUT2D eigenvalue weighted by molar-refractivity contribution is -0.143. The monoisotopic (exact) mass is 389 g/mol. The number of carbonyl (C=O) groups is 2. The lowest BCUT2D eigenvalue weighted by atomic mass is 9.96. The van der Waals surface area contributed by atoms with Crippen molar-refractivity contribution in [1.82, 2.24) is 4.90 Å². The Hall–Kier alpha value is -0.880. The maximum Gasteiger partial charge on any atom is 0.306 e. The van der Waals surface area contributed by atoms with E-state index in [9.17, 15) is 9.59 Å². The van der Waals surface area contributed by atoms with Gasteiger partial charge in [-0.1, -0.05) is 31.9 Å². The quantitative estimate of drug-likeness (QED) is 0.843. The molecule has 0 aliphatic carbocycles. The zero-order valence-corrected chi connectivity index (χ0v) is 13.3. The molecule has 1 amide bonds. The van der Waals surface area contributed by atoms with Crippen molar-refractivity contribution in [1.29, 1.82) is 0 Å². The molecule has 102 valence electrons. The van der Waals surface area contributed by atoms with E-state index < -0.39 is 5.97 Å². The van der Waals surface area contributed by atoms with Crippen LogP contribution in [0.1, 0.15) is 23.2 Å². The maximum absolute atomic E-state index is 12.3. The van der Waals surface area contributed by atoms with Crippen LogP contribution in [0.25, 0.3) is 0 Å². The minimum Gasteiger partial charge on any atom is -0.481 e. The van der Waals surface area contributed by atoms with Crippen molar-refractivity contribution in [2.24, 2.45) is 5.92 Å². The molecule has 1 aromatic carbocycles. The van der Waals surface area contributed by atoms with Crippen molar-refractivity contribution in [3.8, 4) is 0 Å². The third-order valence-electron chi connectivity index (χ3n) is 3.24. The Labute approximate surface area is 128 Å². The molecule has 0 atom stereocenters. The number of benzene rings is 1. The molecule has 19 heavy (non-hydrogen) atoms. The summed E-state index contributed by atoms with van der Waals surface area (Å²) in [7, 11) is 0. The predicted molar refractivity (Wildman–Crippen MR) is 78.1 cm³/mol. The van der Waals surface area contributed by atoms with Crippen molar-refractivity contribution in [2.45, 2.75) is 12.8 Å². The van der Waals surface area contributed by atoms with Gasteiger partial charge in [-0.25, -0.2) is 0 Å². The maximum atomic E-state index is 12.3. The molecule has 0 unspecified atom stereocenters. The fourth-order valence-corrected chi connectivity index (χ4v) is 3.48. The average Bonchev–Trinajstić information content (AvgIpc) is 2.37. The summed E-state index contributed by atoms with van der Waals surface area (Å²) in [6, 6.07) is 5.42. The van der Waals surface area contributed by atoms with Crippen LogP contribution >= 0.6 is 31.9 Å². The highest BCUT2D eigenvalue weighted by molar-refractivity contribution is 9.11. The molecular weight excluding hydrogens is 378 g/mol. The highest BCUT2D eigenvalue weighted by Gasteiger charge is 2.27. The van der Waals surface area contributed by atoms with Gasteiger partial charge in [0.1, 0.15) is 0 Å². The number of likely N-dealkylation sites (tertiary alicyclic amines) is 1. The van der Waals surface area contributed by atoms with E-state index >= 15 is 0 Å². The van der Waals surface area contributed by atoms with E-state index in [1.165, 1.54) is 0 Å². The second kappa shape index (κ2) is 6.05. The number of aliphatic carboxylic acids is 1. The second-order valence-electron chi connectivity index (χ2n) is 4.56. The minimum absolute atomic E-state index is 0.0501. The Morgan fingerprint density at radius 2 is 1.63 bits per heavy atom. The number of carboxylic acids is 1. The molecule has 4 nitrogen and oxygen atoms in total.